The Morgan fingerprint density at radius 1 is 1.13 bits per heavy atom. The Kier molecular flexibility index (Phi) is 2.88. The van der Waals surface area contributed by atoms with Crippen LogP contribution in [-0.2, 0) is 9.84 Å². The summed E-state index contributed by atoms with van der Waals surface area (Å²) in [4.78, 5) is 0.387. The molecular formula is C11H13NO2S. The van der Waals surface area contributed by atoms with Crippen molar-refractivity contribution in [3.8, 4) is 0 Å². The van der Waals surface area contributed by atoms with Gasteiger partial charge in [-0.25, -0.2) is 8.42 Å². The Balaban J connectivity index is 2.31. The first kappa shape index (κ1) is 10.4. The lowest BCUT2D eigenvalue weighted by molar-refractivity contribution is 0.553. The molecule has 4 heteroatoms. The molecule has 1 atom stereocenters. The summed E-state index contributed by atoms with van der Waals surface area (Å²) in [6.45, 7) is 0.622. The molecule has 1 unspecified atom stereocenters. The summed E-state index contributed by atoms with van der Waals surface area (Å²) in [5.74, 6) is 0. The molecule has 0 saturated heterocycles. The molecule has 0 radical (unpaired) electrons. The molecule has 15 heavy (non-hydrogen) atoms. The summed E-state index contributed by atoms with van der Waals surface area (Å²) in [5.41, 5.74) is 0. The monoisotopic (exact) mass is 223 g/mol. The van der Waals surface area contributed by atoms with Crippen LogP contribution in [0.1, 0.15) is 6.42 Å². The van der Waals surface area contributed by atoms with E-state index in [2.05, 4.69) is 5.32 Å². The van der Waals surface area contributed by atoms with E-state index in [1.807, 2.05) is 18.2 Å². The zero-order valence-electron chi connectivity index (χ0n) is 8.26. The quantitative estimate of drug-likeness (QED) is 0.769. The molecule has 80 valence electrons. The van der Waals surface area contributed by atoms with Gasteiger partial charge in [-0.1, -0.05) is 30.4 Å². The van der Waals surface area contributed by atoms with E-state index in [0.29, 0.717) is 17.9 Å². The first-order valence-electron chi connectivity index (χ1n) is 4.88. The van der Waals surface area contributed by atoms with Gasteiger partial charge in [-0.15, -0.1) is 0 Å². The lowest BCUT2D eigenvalue weighted by Crippen LogP contribution is -2.38. The zero-order chi connectivity index (χ0) is 10.7. The van der Waals surface area contributed by atoms with Crippen LogP contribution in [0, 0.1) is 0 Å². The Labute approximate surface area is 89.7 Å². The van der Waals surface area contributed by atoms with E-state index in [1.165, 1.54) is 0 Å². The molecule has 0 bridgehead atoms. The van der Waals surface area contributed by atoms with Crippen LogP contribution in [0.25, 0.3) is 0 Å². The van der Waals surface area contributed by atoms with Gasteiger partial charge in [-0.2, -0.15) is 0 Å². The average molecular weight is 223 g/mol. The molecule has 1 N–H and O–H groups in total. The third-order valence-electron chi connectivity index (χ3n) is 2.43. The van der Waals surface area contributed by atoms with Crippen LogP contribution < -0.4 is 5.32 Å². The van der Waals surface area contributed by atoms with Crippen molar-refractivity contribution in [2.75, 3.05) is 6.54 Å². The SMILES string of the molecule is O=S(=O)(c1ccccc1)C1CC=CCN1. The summed E-state index contributed by atoms with van der Waals surface area (Å²) in [5, 5.41) is 2.50. The van der Waals surface area contributed by atoms with Gasteiger partial charge in [0.25, 0.3) is 0 Å². The normalized spacial score (nSPS) is 21.5. The second-order valence-corrected chi connectivity index (χ2v) is 5.59. The van der Waals surface area contributed by atoms with Gasteiger partial charge in [0.05, 0.1) is 4.90 Å². The number of nitrogens with one attached hydrogen (secondary N) is 1. The van der Waals surface area contributed by atoms with Crippen molar-refractivity contribution in [1.29, 1.82) is 0 Å². The summed E-state index contributed by atoms with van der Waals surface area (Å²) in [6.07, 6.45) is 4.38. The van der Waals surface area contributed by atoms with Crippen molar-refractivity contribution in [2.24, 2.45) is 0 Å². The number of sulfone groups is 1. The third kappa shape index (κ3) is 2.11. The Hall–Kier alpha value is -1.13. The molecule has 0 spiro atoms. The molecule has 1 aromatic rings. The number of hydrogen-bond donors (Lipinski definition) is 1. The molecule has 0 saturated carbocycles. The van der Waals surface area contributed by atoms with Crippen LogP contribution >= 0.6 is 0 Å². The van der Waals surface area contributed by atoms with Gasteiger partial charge < -0.3 is 0 Å². The predicted molar refractivity (Wildman–Crippen MR) is 59.2 cm³/mol. The Morgan fingerprint density at radius 2 is 1.87 bits per heavy atom. The molecule has 1 aliphatic rings. The van der Waals surface area contributed by atoms with Gasteiger partial charge in [0.15, 0.2) is 9.84 Å². The number of rotatable bonds is 2. The van der Waals surface area contributed by atoms with E-state index in [9.17, 15) is 8.42 Å². The number of hydrogen-bond acceptors (Lipinski definition) is 3. The maximum absolute atomic E-state index is 12.1. The fraction of sp³-hybridized carbons (Fsp3) is 0.273. The summed E-state index contributed by atoms with van der Waals surface area (Å²) in [7, 11) is -3.22. The fourth-order valence-electron chi connectivity index (χ4n) is 1.60. The fourth-order valence-corrected chi connectivity index (χ4v) is 3.14. The molecule has 0 aromatic heterocycles. The van der Waals surface area contributed by atoms with Crippen molar-refractivity contribution < 1.29 is 8.42 Å². The van der Waals surface area contributed by atoms with Gasteiger partial charge in [-0.05, 0) is 18.6 Å². The maximum Gasteiger partial charge on any atom is 0.194 e. The van der Waals surface area contributed by atoms with Crippen molar-refractivity contribution in [1.82, 2.24) is 5.32 Å². The highest BCUT2D eigenvalue weighted by Gasteiger charge is 2.26. The lowest BCUT2D eigenvalue weighted by Gasteiger charge is -2.19. The second-order valence-electron chi connectivity index (χ2n) is 3.46. The van der Waals surface area contributed by atoms with Crippen molar-refractivity contribution in [3.63, 3.8) is 0 Å². The summed E-state index contributed by atoms with van der Waals surface area (Å²) in [6, 6.07) is 8.56. The van der Waals surface area contributed by atoms with Crippen LogP contribution in [0.5, 0.6) is 0 Å². The van der Waals surface area contributed by atoms with Crippen molar-refractivity contribution >= 4 is 9.84 Å². The molecule has 3 nitrogen and oxygen atoms in total. The third-order valence-corrected chi connectivity index (χ3v) is 4.46. The number of benzene rings is 1. The van der Waals surface area contributed by atoms with E-state index >= 15 is 0 Å². The minimum atomic E-state index is -3.22. The molecule has 1 aliphatic heterocycles. The minimum absolute atomic E-state index is 0.387. The van der Waals surface area contributed by atoms with Crippen LogP contribution in [0.4, 0.5) is 0 Å². The maximum atomic E-state index is 12.1. The van der Waals surface area contributed by atoms with E-state index < -0.39 is 15.2 Å². The summed E-state index contributed by atoms with van der Waals surface area (Å²) >= 11 is 0. The second kappa shape index (κ2) is 4.16. The largest absolute Gasteiger partial charge is 0.297 e. The van der Waals surface area contributed by atoms with E-state index in [4.69, 9.17) is 0 Å². The first-order chi connectivity index (χ1) is 7.21. The predicted octanol–water partition coefficient (Wildman–Crippen LogP) is 1.34. The Morgan fingerprint density at radius 3 is 2.47 bits per heavy atom. The van der Waals surface area contributed by atoms with Gasteiger partial charge in [0.1, 0.15) is 5.37 Å². The molecule has 0 aliphatic carbocycles. The molecule has 2 rings (SSSR count). The van der Waals surface area contributed by atoms with Crippen molar-refractivity contribution in [3.05, 3.63) is 42.5 Å². The highest BCUT2D eigenvalue weighted by Crippen LogP contribution is 2.17. The van der Waals surface area contributed by atoms with Gasteiger partial charge >= 0.3 is 0 Å². The lowest BCUT2D eigenvalue weighted by atomic mass is 10.3. The smallest absolute Gasteiger partial charge is 0.194 e. The first-order valence-corrected chi connectivity index (χ1v) is 6.43. The van der Waals surface area contributed by atoms with Crippen LogP contribution in [0.15, 0.2) is 47.4 Å². The topological polar surface area (TPSA) is 46.2 Å². The zero-order valence-corrected chi connectivity index (χ0v) is 9.07. The molecule has 0 amide bonds. The van der Waals surface area contributed by atoms with E-state index in [1.54, 1.807) is 24.3 Å². The average Bonchev–Trinajstić information content (AvgIpc) is 2.31. The van der Waals surface area contributed by atoms with Gasteiger partial charge in [0, 0.05) is 6.54 Å². The summed E-state index contributed by atoms with van der Waals surface area (Å²) < 4.78 is 24.2. The van der Waals surface area contributed by atoms with Crippen LogP contribution in [-0.4, -0.2) is 20.3 Å². The van der Waals surface area contributed by atoms with E-state index in [-0.39, 0.29) is 0 Å². The standard InChI is InChI=1S/C11H13NO2S/c13-15(14,10-6-2-1-3-7-10)11-8-4-5-9-12-11/h1-7,11-12H,8-9H2. The van der Waals surface area contributed by atoms with E-state index in [0.717, 1.165) is 0 Å². The molecule has 0 fully saturated rings. The molecule has 1 aromatic carbocycles. The highest BCUT2D eigenvalue weighted by molar-refractivity contribution is 7.92. The van der Waals surface area contributed by atoms with Gasteiger partial charge in [0.2, 0.25) is 0 Å². The highest BCUT2D eigenvalue weighted by atomic mass is 32.2. The van der Waals surface area contributed by atoms with Crippen LogP contribution in [0.2, 0.25) is 0 Å². The minimum Gasteiger partial charge on any atom is -0.297 e. The van der Waals surface area contributed by atoms with Crippen LogP contribution in [0.3, 0.4) is 0 Å². The van der Waals surface area contributed by atoms with Crippen molar-refractivity contribution in [2.45, 2.75) is 16.7 Å². The molecule has 1 heterocycles. The van der Waals surface area contributed by atoms with Gasteiger partial charge in [-0.3, -0.25) is 5.32 Å². The Bertz CT molecular complexity index is 451. The molecular weight excluding hydrogens is 210 g/mol.